The molecular formula is C12H13FN2O3. The van der Waals surface area contributed by atoms with Gasteiger partial charge in [-0.05, 0) is 12.1 Å². The first kappa shape index (κ1) is 12.3. The van der Waals surface area contributed by atoms with Gasteiger partial charge in [-0.1, -0.05) is 0 Å². The molecule has 0 bridgehead atoms. The molecule has 1 atom stereocenters. The topological polar surface area (TPSA) is 67.4 Å². The molecule has 1 aromatic rings. The number of hydrogen-bond donors (Lipinski definition) is 2. The highest BCUT2D eigenvalue weighted by Gasteiger charge is 2.24. The van der Waals surface area contributed by atoms with Gasteiger partial charge in [0.2, 0.25) is 5.91 Å². The Kier molecular flexibility index (Phi) is 3.45. The first-order chi connectivity index (χ1) is 8.60. The molecule has 2 amide bonds. The van der Waals surface area contributed by atoms with Gasteiger partial charge in [0, 0.05) is 19.0 Å². The van der Waals surface area contributed by atoms with Gasteiger partial charge in [-0.3, -0.25) is 9.59 Å². The van der Waals surface area contributed by atoms with Crippen LogP contribution in [0.5, 0.6) is 5.75 Å². The average Bonchev–Trinajstić information content (AvgIpc) is 2.74. The van der Waals surface area contributed by atoms with Gasteiger partial charge in [0.1, 0.15) is 11.6 Å². The van der Waals surface area contributed by atoms with E-state index < -0.39 is 11.7 Å². The molecule has 2 rings (SSSR count). The van der Waals surface area contributed by atoms with Gasteiger partial charge in [0.15, 0.2) is 0 Å². The maximum Gasteiger partial charge on any atom is 0.254 e. The van der Waals surface area contributed by atoms with Crippen LogP contribution in [0.1, 0.15) is 16.8 Å². The molecule has 1 aliphatic heterocycles. The van der Waals surface area contributed by atoms with E-state index in [1.165, 1.54) is 19.2 Å². The van der Waals surface area contributed by atoms with Crippen LogP contribution in [0.3, 0.4) is 0 Å². The fourth-order valence-corrected chi connectivity index (χ4v) is 1.78. The summed E-state index contributed by atoms with van der Waals surface area (Å²) < 4.78 is 18.5. The van der Waals surface area contributed by atoms with Gasteiger partial charge in [-0.15, -0.1) is 0 Å². The van der Waals surface area contributed by atoms with E-state index in [4.69, 9.17) is 4.74 Å². The van der Waals surface area contributed by atoms with Crippen molar-refractivity contribution in [2.24, 2.45) is 0 Å². The number of rotatable bonds is 3. The average molecular weight is 252 g/mol. The van der Waals surface area contributed by atoms with E-state index in [9.17, 15) is 14.0 Å². The summed E-state index contributed by atoms with van der Waals surface area (Å²) in [6.45, 7) is 0.377. The van der Waals surface area contributed by atoms with E-state index in [-0.39, 0.29) is 23.9 Å². The van der Waals surface area contributed by atoms with E-state index in [2.05, 4.69) is 10.6 Å². The van der Waals surface area contributed by atoms with E-state index in [0.29, 0.717) is 12.3 Å². The maximum absolute atomic E-state index is 13.6. The minimum Gasteiger partial charge on any atom is -0.497 e. The summed E-state index contributed by atoms with van der Waals surface area (Å²) in [5.74, 6) is -0.946. The zero-order valence-electron chi connectivity index (χ0n) is 9.83. The van der Waals surface area contributed by atoms with Crippen molar-refractivity contribution in [1.82, 2.24) is 10.6 Å². The fraction of sp³-hybridized carbons (Fsp3) is 0.333. The van der Waals surface area contributed by atoms with Gasteiger partial charge in [-0.2, -0.15) is 0 Å². The molecule has 6 heteroatoms. The molecule has 0 aromatic heterocycles. The first-order valence-electron chi connectivity index (χ1n) is 5.51. The molecule has 1 saturated heterocycles. The van der Waals surface area contributed by atoms with Crippen LogP contribution in [0, 0.1) is 5.82 Å². The Morgan fingerprint density at radius 2 is 2.33 bits per heavy atom. The van der Waals surface area contributed by atoms with Crippen LogP contribution in [-0.4, -0.2) is 31.5 Å². The highest BCUT2D eigenvalue weighted by Crippen LogP contribution is 2.16. The normalized spacial score (nSPS) is 18.3. The SMILES string of the molecule is COc1ccc(C(=O)NC2CNC(=O)C2)c(F)c1. The number of hydrogen-bond acceptors (Lipinski definition) is 3. The second-order valence-electron chi connectivity index (χ2n) is 4.02. The van der Waals surface area contributed by atoms with E-state index in [0.717, 1.165) is 6.07 Å². The smallest absolute Gasteiger partial charge is 0.254 e. The molecule has 1 heterocycles. The molecule has 96 valence electrons. The third kappa shape index (κ3) is 2.58. The van der Waals surface area contributed by atoms with Crippen molar-refractivity contribution in [2.75, 3.05) is 13.7 Å². The lowest BCUT2D eigenvalue weighted by atomic mass is 10.1. The van der Waals surface area contributed by atoms with Crippen molar-refractivity contribution < 1.29 is 18.7 Å². The Labute approximate surface area is 103 Å². The minimum absolute atomic E-state index is 0.0600. The van der Waals surface area contributed by atoms with Crippen molar-refractivity contribution in [3.63, 3.8) is 0 Å². The van der Waals surface area contributed by atoms with Crippen molar-refractivity contribution in [3.8, 4) is 5.75 Å². The van der Waals surface area contributed by atoms with Gasteiger partial charge in [0.05, 0.1) is 18.7 Å². The molecule has 5 nitrogen and oxygen atoms in total. The summed E-state index contributed by atoms with van der Waals surface area (Å²) in [6.07, 6.45) is 0.226. The lowest BCUT2D eigenvalue weighted by Gasteiger charge is -2.11. The van der Waals surface area contributed by atoms with Crippen LogP contribution in [0.25, 0.3) is 0 Å². The molecule has 0 spiro atoms. The number of carbonyl (C=O) groups is 2. The van der Waals surface area contributed by atoms with Crippen LogP contribution in [0.15, 0.2) is 18.2 Å². The highest BCUT2D eigenvalue weighted by atomic mass is 19.1. The van der Waals surface area contributed by atoms with Crippen molar-refractivity contribution in [3.05, 3.63) is 29.6 Å². The molecule has 1 unspecified atom stereocenters. The van der Waals surface area contributed by atoms with Crippen molar-refractivity contribution in [1.29, 1.82) is 0 Å². The number of benzene rings is 1. The lowest BCUT2D eigenvalue weighted by Crippen LogP contribution is -2.36. The summed E-state index contributed by atoms with van der Waals surface area (Å²) in [7, 11) is 1.42. The van der Waals surface area contributed by atoms with E-state index in [1.54, 1.807) is 0 Å². The molecule has 1 fully saturated rings. The van der Waals surface area contributed by atoms with Crippen LogP contribution < -0.4 is 15.4 Å². The summed E-state index contributed by atoms with van der Waals surface area (Å²) in [5.41, 5.74) is -0.0600. The highest BCUT2D eigenvalue weighted by molar-refractivity contribution is 5.95. The summed E-state index contributed by atoms with van der Waals surface area (Å²) in [5, 5.41) is 5.19. The van der Waals surface area contributed by atoms with Crippen LogP contribution >= 0.6 is 0 Å². The van der Waals surface area contributed by atoms with Gasteiger partial charge in [-0.25, -0.2) is 4.39 Å². The van der Waals surface area contributed by atoms with Crippen molar-refractivity contribution >= 4 is 11.8 Å². The standard InChI is InChI=1S/C12H13FN2O3/c1-18-8-2-3-9(10(13)5-8)12(17)15-7-4-11(16)14-6-7/h2-3,5,7H,4,6H2,1H3,(H,14,16)(H,15,17). The molecule has 2 N–H and O–H groups in total. The predicted molar refractivity (Wildman–Crippen MR) is 61.8 cm³/mol. The number of halogens is 1. The third-order valence-corrected chi connectivity index (χ3v) is 2.73. The first-order valence-corrected chi connectivity index (χ1v) is 5.51. The zero-order valence-corrected chi connectivity index (χ0v) is 9.83. The van der Waals surface area contributed by atoms with Gasteiger partial charge >= 0.3 is 0 Å². The molecular weight excluding hydrogens is 239 g/mol. The molecule has 1 aromatic carbocycles. The Morgan fingerprint density at radius 3 is 2.89 bits per heavy atom. The quantitative estimate of drug-likeness (QED) is 0.821. The molecule has 0 radical (unpaired) electrons. The van der Waals surface area contributed by atoms with E-state index >= 15 is 0 Å². The molecule has 0 aliphatic carbocycles. The molecule has 0 saturated carbocycles. The summed E-state index contributed by atoms with van der Waals surface area (Å²) >= 11 is 0. The number of amides is 2. The monoisotopic (exact) mass is 252 g/mol. The minimum atomic E-state index is -0.649. The van der Waals surface area contributed by atoms with Gasteiger partial charge < -0.3 is 15.4 Å². The second kappa shape index (κ2) is 5.03. The Hall–Kier alpha value is -2.11. The molecule has 1 aliphatic rings. The van der Waals surface area contributed by atoms with E-state index in [1.807, 2.05) is 0 Å². The number of nitrogens with one attached hydrogen (secondary N) is 2. The van der Waals surface area contributed by atoms with Gasteiger partial charge in [0.25, 0.3) is 5.91 Å². The number of carbonyl (C=O) groups excluding carboxylic acids is 2. The zero-order chi connectivity index (χ0) is 13.1. The Morgan fingerprint density at radius 1 is 1.56 bits per heavy atom. The van der Waals surface area contributed by atoms with Crippen LogP contribution in [0.4, 0.5) is 4.39 Å². The largest absolute Gasteiger partial charge is 0.497 e. The third-order valence-electron chi connectivity index (χ3n) is 2.73. The predicted octanol–water partition coefficient (Wildman–Crippen LogP) is 0.453. The van der Waals surface area contributed by atoms with Crippen LogP contribution in [-0.2, 0) is 4.79 Å². The Balaban J connectivity index is 2.07. The number of ether oxygens (including phenoxy) is 1. The van der Waals surface area contributed by atoms with Crippen LogP contribution in [0.2, 0.25) is 0 Å². The lowest BCUT2D eigenvalue weighted by molar-refractivity contribution is -0.119. The molecule has 18 heavy (non-hydrogen) atoms. The Bertz CT molecular complexity index is 490. The van der Waals surface area contributed by atoms with Crippen molar-refractivity contribution in [2.45, 2.75) is 12.5 Å². The number of methoxy groups -OCH3 is 1. The maximum atomic E-state index is 13.6. The summed E-state index contributed by atoms with van der Waals surface area (Å²) in [6, 6.07) is 3.72. The summed E-state index contributed by atoms with van der Waals surface area (Å²) in [4.78, 5) is 22.8. The fourth-order valence-electron chi connectivity index (χ4n) is 1.78. The second-order valence-corrected chi connectivity index (χ2v) is 4.02.